The lowest BCUT2D eigenvalue weighted by Crippen LogP contribution is -1.82. The Bertz CT molecular complexity index is 1130. The highest BCUT2D eigenvalue weighted by Crippen LogP contribution is 2.35. The number of halogens is 2. The number of aldehydes is 1. The Hall–Kier alpha value is -1.45. The van der Waals surface area contributed by atoms with E-state index in [1.165, 1.54) is 11.3 Å². The molecular weight excluding hydrogens is 528 g/mol. The van der Waals surface area contributed by atoms with E-state index in [0.717, 1.165) is 56.7 Å². The van der Waals surface area contributed by atoms with E-state index < -0.39 is 0 Å². The minimum absolute atomic E-state index is 0.0965. The van der Waals surface area contributed by atoms with Crippen molar-refractivity contribution in [2.24, 2.45) is 0 Å². The van der Waals surface area contributed by atoms with Gasteiger partial charge < -0.3 is 14.6 Å². The topological polar surface area (TPSA) is 55.8 Å². The maximum Gasteiger partial charge on any atom is 0.160 e. The van der Waals surface area contributed by atoms with Gasteiger partial charge in [-0.1, -0.05) is 0 Å². The summed E-state index contributed by atoms with van der Waals surface area (Å²) in [5, 5.41) is 11.2. The van der Waals surface area contributed by atoms with Crippen LogP contribution in [-0.4, -0.2) is 25.6 Å². The Balaban J connectivity index is 0.000000161. The number of aliphatic hydroxyl groups excluding tert-OH is 1. The average molecular weight is 544 g/mol. The molecule has 0 saturated heterocycles. The number of rotatable bonds is 4. The van der Waals surface area contributed by atoms with Crippen molar-refractivity contribution < 1.29 is 19.4 Å². The van der Waals surface area contributed by atoms with Gasteiger partial charge in [-0.05, 0) is 79.0 Å². The van der Waals surface area contributed by atoms with E-state index in [9.17, 15) is 4.79 Å². The minimum Gasteiger partial charge on any atom is -0.496 e. The molecule has 0 aliphatic rings. The van der Waals surface area contributed by atoms with Gasteiger partial charge in [-0.3, -0.25) is 4.79 Å². The van der Waals surface area contributed by atoms with Crippen LogP contribution in [0.3, 0.4) is 0 Å². The van der Waals surface area contributed by atoms with Crippen molar-refractivity contribution in [1.29, 1.82) is 0 Å². The summed E-state index contributed by atoms with van der Waals surface area (Å²) in [4.78, 5) is 12.3. The first-order valence-electron chi connectivity index (χ1n) is 8.08. The highest BCUT2D eigenvalue weighted by Gasteiger charge is 2.07. The van der Waals surface area contributed by atoms with Gasteiger partial charge in [0, 0.05) is 14.3 Å². The van der Waals surface area contributed by atoms with E-state index in [1.54, 1.807) is 25.6 Å². The van der Waals surface area contributed by atoms with E-state index in [-0.39, 0.29) is 6.61 Å². The third-order valence-electron chi connectivity index (χ3n) is 3.92. The maximum atomic E-state index is 10.6. The van der Waals surface area contributed by atoms with Crippen LogP contribution < -0.4 is 9.47 Å². The monoisotopic (exact) mass is 542 g/mol. The molecule has 0 aliphatic carbocycles. The second-order valence-electron chi connectivity index (χ2n) is 5.69. The second-order valence-corrected chi connectivity index (χ2v) is 9.68. The van der Waals surface area contributed by atoms with Gasteiger partial charge in [0.25, 0.3) is 0 Å². The van der Waals surface area contributed by atoms with E-state index >= 15 is 0 Å². The lowest BCUT2D eigenvalue weighted by atomic mass is 10.2. The summed E-state index contributed by atoms with van der Waals surface area (Å²) in [6, 6.07) is 11.7. The number of aliphatic hydroxyl groups is 1. The summed E-state index contributed by atoms with van der Waals surface area (Å²) in [5.74, 6) is 1.61. The molecule has 0 fully saturated rings. The molecule has 4 rings (SSSR count). The number of benzene rings is 2. The van der Waals surface area contributed by atoms with Gasteiger partial charge >= 0.3 is 0 Å². The SMILES string of the molecule is COc1cc2sc(C=O)cc2cc1Br.COc1cc2sc(CO)cc2cc1Br. The van der Waals surface area contributed by atoms with Gasteiger partial charge in [0.2, 0.25) is 0 Å². The molecule has 0 amide bonds. The summed E-state index contributed by atoms with van der Waals surface area (Å²) in [7, 11) is 3.27. The molecule has 0 radical (unpaired) electrons. The smallest absolute Gasteiger partial charge is 0.160 e. The number of carbonyl (C=O) groups is 1. The second kappa shape index (κ2) is 9.37. The van der Waals surface area contributed by atoms with Crippen LogP contribution in [0.15, 0.2) is 45.3 Å². The number of carbonyl (C=O) groups excluding carboxylic acids is 1. The van der Waals surface area contributed by atoms with Crippen LogP contribution in [0.5, 0.6) is 11.5 Å². The van der Waals surface area contributed by atoms with Crippen LogP contribution in [0.2, 0.25) is 0 Å². The molecule has 146 valence electrons. The summed E-state index contributed by atoms with van der Waals surface area (Å²) in [5.41, 5.74) is 0. The number of hydrogen-bond acceptors (Lipinski definition) is 6. The summed E-state index contributed by atoms with van der Waals surface area (Å²) < 4.78 is 14.4. The van der Waals surface area contributed by atoms with Crippen molar-refractivity contribution in [1.82, 2.24) is 0 Å². The molecule has 8 heteroatoms. The van der Waals surface area contributed by atoms with E-state index in [2.05, 4.69) is 31.9 Å². The van der Waals surface area contributed by atoms with E-state index in [4.69, 9.17) is 14.6 Å². The Labute approximate surface area is 187 Å². The van der Waals surface area contributed by atoms with Crippen LogP contribution >= 0.6 is 54.5 Å². The Kier molecular flexibility index (Phi) is 7.11. The zero-order chi connectivity index (χ0) is 20.3. The van der Waals surface area contributed by atoms with Crippen LogP contribution in [-0.2, 0) is 6.61 Å². The van der Waals surface area contributed by atoms with Gasteiger partial charge in [0.15, 0.2) is 6.29 Å². The average Bonchev–Trinajstić information content (AvgIpc) is 3.29. The fourth-order valence-electron chi connectivity index (χ4n) is 2.61. The van der Waals surface area contributed by atoms with Crippen molar-refractivity contribution in [3.05, 3.63) is 55.1 Å². The van der Waals surface area contributed by atoms with Crippen LogP contribution in [0.1, 0.15) is 14.5 Å². The van der Waals surface area contributed by atoms with Crippen molar-refractivity contribution in [3.63, 3.8) is 0 Å². The number of fused-ring (bicyclic) bond motifs is 2. The van der Waals surface area contributed by atoms with Crippen LogP contribution in [0.4, 0.5) is 0 Å². The third kappa shape index (κ3) is 4.58. The number of methoxy groups -OCH3 is 2. The molecule has 0 bridgehead atoms. The Morgan fingerprint density at radius 3 is 1.93 bits per heavy atom. The van der Waals surface area contributed by atoms with Crippen molar-refractivity contribution in [3.8, 4) is 11.5 Å². The lowest BCUT2D eigenvalue weighted by molar-refractivity contribution is 0.112. The van der Waals surface area contributed by atoms with Gasteiger partial charge in [0.05, 0.1) is 34.6 Å². The normalized spacial score (nSPS) is 10.6. The molecule has 0 aliphatic heterocycles. The van der Waals surface area contributed by atoms with Crippen molar-refractivity contribution >= 4 is 81.0 Å². The molecule has 0 saturated carbocycles. The van der Waals surface area contributed by atoms with Crippen LogP contribution in [0.25, 0.3) is 20.2 Å². The molecule has 0 spiro atoms. The third-order valence-corrected chi connectivity index (χ3v) is 7.27. The zero-order valence-corrected chi connectivity index (χ0v) is 19.8. The maximum absolute atomic E-state index is 10.6. The zero-order valence-electron chi connectivity index (χ0n) is 15.0. The molecule has 2 aromatic heterocycles. The predicted molar refractivity (Wildman–Crippen MR) is 123 cm³/mol. The molecule has 1 N–H and O–H groups in total. The molecule has 4 nitrogen and oxygen atoms in total. The lowest BCUT2D eigenvalue weighted by Gasteiger charge is -2.01. The van der Waals surface area contributed by atoms with Gasteiger partial charge in [-0.25, -0.2) is 0 Å². The minimum atomic E-state index is 0.0965. The first-order valence-corrected chi connectivity index (χ1v) is 11.3. The van der Waals surface area contributed by atoms with Gasteiger partial charge in [-0.15, -0.1) is 22.7 Å². The summed E-state index contributed by atoms with van der Waals surface area (Å²) >= 11 is 9.88. The predicted octanol–water partition coefficient (Wildman–Crippen LogP) is 6.65. The Morgan fingerprint density at radius 2 is 1.43 bits per heavy atom. The van der Waals surface area contributed by atoms with Crippen LogP contribution in [0, 0.1) is 0 Å². The number of thiophene rings is 2. The van der Waals surface area contributed by atoms with Crippen molar-refractivity contribution in [2.45, 2.75) is 6.61 Å². The highest BCUT2D eigenvalue weighted by atomic mass is 79.9. The van der Waals surface area contributed by atoms with Gasteiger partial charge in [0.1, 0.15) is 11.5 Å². The number of ether oxygens (including phenoxy) is 2. The quantitative estimate of drug-likeness (QED) is 0.293. The molecule has 0 unspecified atom stereocenters. The largest absolute Gasteiger partial charge is 0.496 e. The number of hydrogen-bond donors (Lipinski definition) is 1. The van der Waals surface area contributed by atoms with Crippen molar-refractivity contribution in [2.75, 3.05) is 14.2 Å². The first kappa shape index (κ1) is 21.3. The fourth-order valence-corrected chi connectivity index (χ4v) is 5.48. The summed E-state index contributed by atoms with van der Waals surface area (Å²) in [6.45, 7) is 0.0965. The molecule has 4 aromatic rings. The molecular formula is C20H16Br2O4S2. The molecule has 28 heavy (non-hydrogen) atoms. The highest BCUT2D eigenvalue weighted by molar-refractivity contribution is 9.11. The van der Waals surface area contributed by atoms with E-state index in [1.807, 2.05) is 36.4 Å². The molecule has 2 aromatic carbocycles. The van der Waals surface area contributed by atoms with Gasteiger partial charge in [-0.2, -0.15) is 0 Å². The first-order chi connectivity index (χ1) is 13.5. The van der Waals surface area contributed by atoms with E-state index in [0.29, 0.717) is 0 Å². The fraction of sp³-hybridized carbons (Fsp3) is 0.150. The molecule has 2 heterocycles. The standard InChI is InChI=1S/C10H9BrO2S.C10H7BrO2S/c2*1-13-9-4-10-6(3-8(9)11)2-7(5-12)14-10/h2-4,12H,5H2,1H3;2-5H,1H3. The Morgan fingerprint density at radius 1 is 0.893 bits per heavy atom. The summed E-state index contributed by atoms with van der Waals surface area (Å²) in [6.07, 6.45) is 0.866. The molecule has 0 atom stereocenters.